The lowest BCUT2D eigenvalue weighted by atomic mass is 9.92. The van der Waals surface area contributed by atoms with E-state index < -0.39 is 5.54 Å². The normalized spacial score (nSPS) is 24.0. The van der Waals surface area contributed by atoms with Gasteiger partial charge in [0.1, 0.15) is 5.54 Å². The van der Waals surface area contributed by atoms with Crippen LogP contribution >= 0.6 is 0 Å². The van der Waals surface area contributed by atoms with E-state index in [0.29, 0.717) is 19.1 Å². The van der Waals surface area contributed by atoms with Crippen LogP contribution in [0.2, 0.25) is 0 Å². The van der Waals surface area contributed by atoms with E-state index >= 15 is 0 Å². The molecule has 122 valence electrons. The predicted molar refractivity (Wildman–Crippen MR) is 84.0 cm³/mol. The SMILES string of the molecule is CCOC(=O)C(N)(CN(C)CC1CCN(C)CC1)C1CC1. The number of ether oxygens (including phenoxy) is 1. The summed E-state index contributed by atoms with van der Waals surface area (Å²) < 4.78 is 5.22. The zero-order valence-corrected chi connectivity index (χ0v) is 13.8. The number of likely N-dealkylation sites (N-methyl/N-ethyl adjacent to an activating group) is 1. The minimum Gasteiger partial charge on any atom is -0.465 e. The van der Waals surface area contributed by atoms with Gasteiger partial charge in [-0.05, 0) is 71.6 Å². The average Bonchev–Trinajstić information content (AvgIpc) is 3.26. The maximum atomic E-state index is 12.2. The fourth-order valence-electron chi connectivity index (χ4n) is 3.42. The third-order valence-corrected chi connectivity index (χ3v) is 4.90. The van der Waals surface area contributed by atoms with Crippen LogP contribution in [-0.4, -0.2) is 68.2 Å². The average molecular weight is 297 g/mol. The van der Waals surface area contributed by atoms with Crippen molar-refractivity contribution in [1.82, 2.24) is 9.80 Å². The van der Waals surface area contributed by atoms with E-state index in [2.05, 4.69) is 23.9 Å². The highest BCUT2D eigenvalue weighted by atomic mass is 16.5. The molecular formula is C16H31N3O2. The third kappa shape index (κ3) is 4.41. The van der Waals surface area contributed by atoms with Crippen molar-refractivity contribution in [2.24, 2.45) is 17.6 Å². The molecule has 2 N–H and O–H groups in total. The molecule has 1 atom stereocenters. The maximum Gasteiger partial charge on any atom is 0.327 e. The topological polar surface area (TPSA) is 58.8 Å². The molecule has 0 amide bonds. The van der Waals surface area contributed by atoms with Gasteiger partial charge in [0.05, 0.1) is 6.61 Å². The molecule has 5 heteroatoms. The van der Waals surface area contributed by atoms with Gasteiger partial charge >= 0.3 is 5.97 Å². The molecule has 1 aliphatic heterocycles. The Kier molecular flexibility index (Phi) is 5.63. The first-order valence-electron chi connectivity index (χ1n) is 8.29. The summed E-state index contributed by atoms with van der Waals surface area (Å²) in [7, 11) is 4.26. The van der Waals surface area contributed by atoms with Crippen LogP contribution in [0.3, 0.4) is 0 Å². The smallest absolute Gasteiger partial charge is 0.327 e. The summed E-state index contributed by atoms with van der Waals surface area (Å²) in [4.78, 5) is 16.9. The molecule has 2 rings (SSSR count). The summed E-state index contributed by atoms with van der Waals surface area (Å²) in [6, 6.07) is 0. The first-order valence-corrected chi connectivity index (χ1v) is 8.29. The second kappa shape index (κ2) is 7.07. The Labute approximate surface area is 128 Å². The number of carbonyl (C=O) groups excluding carboxylic acids is 1. The van der Waals surface area contributed by atoms with Gasteiger partial charge in [0.2, 0.25) is 0 Å². The molecule has 0 bridgehead atoms. The molecule has 2 aliphatic rings. The molecule has 0 aromatic carbocycles. The molecular weight excluding hydrogens is 266 g/mol. The number of likely N-dealkylation sites (tertiary alicyclic amines) is 1. The van der Waals surface area contributed by atoms with Gasteiger partial charge in [0.25, 0.3) is 0 Å². The zero-order chi connectivity index (χ0) is 15.5. The van der Waals surface area contributed by atoms with Crippen molar-refractivity contribution in [1.29, 1.82) is 0 Å². The third-order valence-electron chi connectivity index (χ3n) is 4.90. The van der Waals surface area contributed by atoms with Crippen LogP contribution < -0.4 is 5.73 Å². The van der Waals surface area contributed by atoms with Crippen LogP contribution in [0.15, 0.2) is 0 Å². The quantitative estimate of drug-likeness (QED) is 0.709. The highest BCUT2D eigenvalue weighted by Crippen LogP contribution is 2.39. The van der Waals surface area contributed by atoms with Gasteiger partial charge in [-0.2, -0.15) is 0 Å². The lowest BCUT2D eigenvalue weighted by Crippen LogP contribution is -2.58. The number of nitrogens with two attached hydrogens (primary N) is 1. The van der Waals surface area contributed by atoms with Gasteiger partial charge in [-0.1, -0.05) is 0 Å². The predicted octanol–water partition coefficient (Wildman–Crippen LogP) is 0.931. The number of nitrogens with zero attached hydrogens (tertiary/aromatic N) is 2. The van der Waals surface area contributed by atoms with Gasteiger partial charge in [0.15, 0.2) is 0 Å². The fraction of sp³-hybridized carbons (Fsp3) is 0.938. The monoisotopic (exact) mass is 297 g/mol. The Morgan fingerprint density at radius 2 is 1.95 bits per heavy atom. The summed E-state index contributed by atoms with van der Waals surface area (Å²) >= 11 is 0. The van der Waals surface area contributed by atoms with Gasteiger partial charge in [0, 0.05) is 13.1 Å². The number of hydrogen-bond donors (Lipinski definition) is 1. The Bertz CT molecular complexity index is 351. The lowest BCUT2D eigenvalue weighted by Gasteiger charge is -2.35. The van der Waals surface area contributed by atoms with Crippen LogP contribution in [0.25, 0.3) is 0 Å². The van der Waals surface area contributed by atoms with E-state index in [9.17, 15) is 4.79 Å². The Balaban J connectivity index is 1.86. The molecule has 0 radical (unpaired) electrons. The van der Waals surface area contributed by atoms with Crippen molar-refractivity contribution in [2.75, 3.05) is 46.9 Å². The standard InChI is InChI=1S/C16H31N3O2/c1-4-21-15(20)16(17,14-5-6-14)12-19(3)11-13-7-9-18(2)10-8-13/h13-14H,4-12,17H2,1-3H3. The van der Waals surface area contributed by atoms with E-state index in [1.54, 1.807) is 0 Å². The van der Waals surface area contributed by atoms with Gasteiger partial charge in [-0.25, -0.2) is 4.79 Å². The van der Waals surface area contributed by atoms with E-state index in [-0.39, 0.29) is 5.97 Å². The number of esters is 1. The van der Waals surface area contributed by atoms with Crippen molar-refractivity contribution in [3.8, 4) is 0 Å². The first kappa shape index (κ1) is 16.7. The molecule has 1 saturated heterocycles. The first-order chi connectivity index (χ1) is 9.95. The van der Waals surface area contributed by atoms with Gasteiger partial charge in [-0.3, -0.25) is 0 Å². The molecule has 0 aromatic rings. The number of carbonyl (C=O) groups is 1. The molecule has 1 aliphatic carbocycles. The molecule has 0 spiro atoms. The van der Waals surface area contributed by atoms with Crippen LogP contribution in [0.5, 0.6) is 0 Å². The Hall–Kier alpha value is -0.650. The van der Waals surface area contributed by atoms with Gasteiger partial charge < -0.3 is 20.3 Å². The molecule has 21 heavy (non-hydrogen) atoms. The van der Waals surface area contributed by atoms with Crippen LogP contribution in [-0.2, 0) is 9.53 Å². The summed E-state index contributed by atoms with van der Waals surface area (Å²) in [5.41, 5.74) is 5.63. The van der Waals surface area contributed by atoms with Crippen molar-refractivity contribution in [3.05, 3.63) is 0 Å². The number of hydrogen-bond acceptors (Lipinski definition) is 5. The minimum atomic E-state index is -0.809. The summed E-state index contributed by atoms with van der Waals surface area (Å²) in [6.45, 7) is 6.23. The summed E-state index contributed by atoms with van der Waals surface area (Å²) in [5.74, 6) is 0.802. The molecule has 1 saturated carbocycles. The van der Waals surface area contributed by atoms with Crippen LogP contribution in [0.4, 0.5) is 0 Å². The lowest BCUT2D eigenvalue weighted by molar-refractivity contribution is -0.151. The second-order valence-electron chi connectivity index (χ2n) is 6.98. The molecule has 2 fully saturated rings. The van der Waals surface area contributed by atoms with Crippen molar-refractivity contribution < 1.29 is 9.53 Å². The van der Waals surface area contributed by atoms with E-state index in [1.807, 2.05) is 6.92 Å². The second-order valence-corrected chi connectivity index (χ2v) is 6.98. The van der Waals surface area contributed by atoms with Crippen molar-refractivity contribution in [3.63, 3.8) is 0 Å². The van der Waals surface area contributed by atoms with Crippen molar-refractivity contribution >= 4 is 5.97 Å². The van der Waals surface area contributed by atoms with E-state index in [4.69, 9.17) is 10.5 Å². The number of piperidine rings is 1. The fourth-order valence-corrected chi connectivity index (χ4v) is 3.42. The maximum absolute atomic E-state index is 12.2. The molecule has 5 nitrogen and oxygen atoms in total. The molecule has 1 unspecified atom stereocenters. The van der Waals surface area contributed by atoms with E-state index in [1.165, 1.54) is 25.9 Å². The zero-order valence-electron chi connectivity index (χ0n) is 13.8. The van der Waals surface area contributed by atoms with Gasteiger partial charge in [-0.15, -0.1) is 0 Å². The highest BCUT2D eigenvalue weighted by molar-refractivity contribution is 5.82. The molecule has 0 aromatic heterocycles. The highest BCUT2D eigenvalue weighted by Gasteiger charge is 2.49. The summed E-state index contributed by atoms with van der Waals surface area (Å²) in [5, 5.41) is 0. The van der Waals surface area contributed by atoms with E-state index in [0.717, 1.165) is 25.3 Å². The largest absolute Gasteiger partial charge is 0.465 e. The summed E-state index contributed by atoms with van der Waals surface area (Å²) in [6.07, 6.45) is 4.58. The Morgan fingerprint density at radius 1 is 1.33 bits per heavy atom. The van der Waals surface area contributed by atoms with Crippen LogP contribution in [0.1, 0.15) is 32.6 Å². The van der Waals surface area contributed by atoms with Crippen molar-refractivity contribution in [2.45, 2.75) is 38.1 Å². The Morgan fingerprint density at radius 3 is 2.48 bits per heavy atom. The van der Waals surface area contributed by atoms with Crippen LogP contribution in [0, 0.1) is 11.8 Å². The minimum absolute atomic E-state index is 0.220. The molecule has 1 heterocycles. The number of rotatable bonds is 7.